The smallest absolute Gasteiger partial charge is 0.124 e. The summed E-state index contributed by atoms with van der Waals surface area (Å²) < 4.78 is 5.67. The average molecular weight is 232 g/mol. The fourth-order valence-corrected chi connectivity index (χ4v) is 2.03. The van der Waals surface area contributed by atoms with Crippen molar-refractivity contribution in [1.82, 2.24) is 10.2 Å². The third-order valence-corrected chi connectivity index (χ3v) is 2.93. The van der Waals surface area contributed by atoms with Crippen LogP contribution < -0.4 is 10.1 Å². The number of nitrogens with one attached hydrogen (secondary N) is 1. The van der Waals surface area contributed by atoms with Gasteiger partial charge in [0.05, 0.1) is 0 Å². The van der Waals surface area contributed by atoms with Gasteiger partial charge in [0.25, 0.3) is 0 Å². The molecule has 3 heteroatoms. The maximum atomic E-state index is 5.67. The van der Waals surface area contributed by atoms with Crippen LogP contribution in [0.4, 0.5) is 0 Å². The van der Waals surface area contributed by atoms with E-state index in [1.54, 1.807) is 6.08 Å². The van der Waals surface area contributed by atoms with E-state index in [-0.39, 0.29) is 0 Å². The van der Waals surface area contributed by atoms with Crippen molar-refractivity contribution in [2.24, 2.45) is 0 Å². The number of hydrogen-bond acceptors (Lipinski definition) is 3. The van der Waals surface area contributed by atoms with E-state index in [0.717, 1.165) is 38.5 Å². The van der Waals surface area contributed by atoms with E-state index in [1.807, 2.05) is 12.1 Å². The number of piperazine rings is 1. The highest BCUT2D eigenvalue weighted by Gasteiger charge is 2.12. The Morgan fingerprint density at radius 1 is 1.29 bits per heavy atom. The second-order valence-corrected chi connectivity index (χ2v) is 4.23. The minimum atomic E-state index is 0.568. The van der Waals surface area contributed by atoms with Crippen LogP contribution >= 0.6 is 0 Å². The molecule has 1 aromatic rings. The molecule has 1 aliphatic rings. The summed E-state index contributed by atoms with van der Waals surface area (Å²) in [6.07, 6.45) is 1.78. The van der Waals surface area contributed by atoms with Crippen LogP contribution in [0.25, 0.3) is 0 Å². The monoisotopic (exact) mass is 232 g/mol. The molecule has 0 radical (unpaired) electrons. The Labute approximate surface area is 103 Å². The van der Waals surface area contributed by atoms with Crippen molar-refractivity contribution in [2.75, 3.05) is 32.8 Å². The second kappa shape index (κ2) is 6.42. The number of ether oxygens (including phenoxy) is 1. The first-order valence-corrected chi connectivity index (χ1v) is 6.15. The van der Waals surface area contributed by atoms with Crippen molar-refractivity contribution in [3.8, 4) is 5.75 Å². The molecule has 0 bridgehead atoms. The maximum absolute atomic E-state index is 5.67. The Kier molecular flexibility index (Phi) is 4.59. The van der Waals surface area contributed by atoms with E-state index in [4.69, 9.17) is 4.74 Å². The number of rotatable bonds is 5. The van der Waals surface area contributed by atoms with Crippen molar-refractivity contribution in [1.29, 1.82) is 0 Å². The third kappa shape index (κ3) is 3.58. The molecule has 0 unspecified atom stereocenters. The maximum Gasteiger partial charge on any atom is 0.124 e. The van der Waals surface area contributed by atoms with Crippen LogP contribution in [0.1, 0.15) is 5.56 Å². The number of nitrogens with zero attached hydrogens (tertiary/aromatic N) is 1. The van der Waals surface area contributed by atoms with E-state index < -0.39 is 0 Å². The summed E-state index contributed by atoms with van der Waals surface area (Å²) in [6, 6.07) is 8.25. The van der Waals surface area contributed by atoms with Crippen molar-refractivity contribution in [2.45, 2.75) is 6.54 Å². The molecule has 2 rings (SSSR count). The molecule has 1 N–H and O–H groups in total. The quantitative estimate of drug-likeness (QED) is 0.781. The molecule has 1 fully saturated rings. The normalized spacial score (nSPS) is 16.7. The highest BCUT2D eigenvalue weighted by Crippen LogP contribution is 2.19. The lowest BCUT2D eigenvalue weighted by molar-refractivity contribution is 0.229. The molecule has 1 aromatic carbocycles. The fourth-order valence-electron chi connectivity index (χ4n) is 2.03. The number of benzene rings is 1. The summed E-state index contributed by atoms with van der Waals surface area (Å²) in [5, 5.41) is 3.36. The summed E-state index contributed by atoms with van der Waals surface area (Å²) in [5.41, 5.74) is 1.26. The highest BCUT2D eigenvalue weighted by molar-refractivity contribution is 5.33. The van der Waals surface area contributed by atoms with Gasteiger partial charge < -0.3 is 10.1 Å². The van der Waals surface area contributed by atoms with Gasteiger partial charge in [-0.2, -0.15) is 0 Å². The standard InChI is InChI=1S/C14H20N2O/c1-2-11-17-14-6-4-3-5-13(14)12-16-9-7-15-8-10-16/h2-6,15H,1,7-12H2. The minimum absolute atomic E-state index is 0.568. The van der Waals surface area contributed by atoms with Crippen LogP contribution in [0.15, 0.2) is 36.9 Å². The van der Waals surface area contributed by atoms with Crippen LogP contribution in [0, 0.1) is 0 Å². The SMILES string of the molecule is C=CCOc1ccccc1CN1CCNCC1. The Balaban J connectivity index is 2.00. The zero-order valence-electron chi connectivity index (χ0n) is 10.2. The molecule has 0 aliphatic carbocycles. The molecular weight excluding hydrogens is 212 g/mol. The predicted octanol–water partition coefficient (Wildman–Crippen LogP) is 1.66. The predicted molar refractivity (Wildman–Crippen MR) is 70.3 cm³/mol. The van der Waals surface area contributed by atoms with Gasteiger partial charge in [-0.05, 0) is 6.07 Å². The van der Waals surface area contributed by atoms with E-state index >= 15 is 0 Å². The molecule has 0 aromatic heterocycles. The molecule has 0 atom stereocenters. The fraction of sp³-hybridized carbons (Fsp3) is 0.429. The average Bonchev–Trinajstić information content (AvgIpc) is 2.39. The summed E-state index contributed by atoms with van der Waals surface area (Å²) in [6.45, 7) is 9.58. The Bertz CT molecular complexity index is 359. The van der Waals surface area contributed by atoms with Gasteiger partial charge >= 0.3 is 0 Å². The molecule has 0 amide bonds. The van der Waals surface area contributed by atoms with E-state index in [9.17, 15) is 0 Å². The van der Waals surface area contributed by atoms with Crippen LogP contribution in [0.3, 0.4) is 0 Å². The number of hydrogen-bond donors (Lipinski definition) is 1. The first-order valence-electron chi connectivity index (χ1n) is 6.15. The summed E-state index contributed by atoms with van der Waals surface area (Å²) in [7, 11) is 0. The molecule has 0 saturated carbocycles. The largest absolute Gasteiger partial charge is 0.489 e. The van der Waals surface area contributed by atoms with Crippen LogP contribution in [-0.2, 0) is 6.54 Å². The van der Waals surface area contributed by atoms with E-state index in [2.05, 4.69) is 28.9 Å². The first-order chi connectivity index (χ1) is 8.40. The van der Waals surface area contributed by atoms with Gasteiger partial charge in [0.15, 0.2) is 0 Å². The zero-order valence-corrected chi connectivity index (χ0v) is 10.2. The van der Waals surface area contributed by atoms with Crippen LogP contribution in [-0.4, -0.2) is 37.7 Å². The van der Waals surface area contributed by atoms with Gasteiger partial charge in [0.2, 0.25) is 0 Å². The van der Waals surface area contributed by atoms with Gasteiger partial charge in [-0.15, -0.1) is 0 Å². The molecule has 1 saturated heterocycles. The highest BCUT2D eigenvalue weighted by atomic mass is 16.5. The number of para-hydroxylation sites is 1. The van der Waals surface area contributed by atoms with Crippen LogP contribution in [0.5, 0.6) is 5.75 Å². The van der Waals surface area contributed by atoms with Gasteiger partial charge in [-0.25, -0.2) is 0 Å². The lowest BCUT2D eigenvalue weighted by Crippen LogP contribution is -2.42. The Hall–Kier alpha value is -1.32. The van der Waals surface area contributed by atoms with Crippen molar-refractivity contribution in [3.05, 3.63) is 42.5 Å². The molecule has 0 spiro atoms. The van der Waals surface area contributed by atoms with Crippen LogP contribution in [0.2, 0.25) is 0 Å². The molecule has 92 valence electrons. The molecular formula is C14H20N2O. The summed E-state index contributed by atoms with van der Waals surface area (Å²) >= 11 is 0. The van der Waals surface area contributed by atoms with Gasteiger partial charge in [-0.3, -0.25) is 4.90 Å². The Morgan fingerprint density at radius 2 is 2.06 bits per heavy atom. The molecule has 17 heavy (non-hydrogen) atoms. The molecule has 1 heterocycles. The second-order valence-electron chi connectivity index (χ2n) is 4.23. The summed E-state index contributed by atoms with van der Waals surface area (Å²) in [4.78, 5) is 2.45. The molecule has 1 aliphatic heterocycles. The van der Waals surface area contributed by atoms with Crippen molar-refractivity contribution in [3.63, 3.8) is 0 Å². The topological polar surface area (TPSA) is 24.5 Å². The van der Waals surface area contributed by atoms with Gasteiger partial charge in [0.1, 0.15) is 12.4 Å². The minimum Gasteiger partial charge on any atom is -0.489 e. The third-order valence-electron chi connectivity index (χ3n) is 2.93. The zero-order chi connectivity index (χ0) is 11.9. The van der Waals surface area contributed by atoms with Crippen molar-refractivity contribution < 1.29 is 4.74 Å². The van der Waals surface area contributed by atoms with Gasteiger partial charge in [0, 0.05) is 38.3 Å². The van der Waals surface area contributed by atoms with E-state index in [0.29, 0.717) is 6.61 Å². The lowest BCUT2D eigenvalue weighted by atomic mass is 10.2. The molecule has 3 nitrogen and oxygen atoms in total. The lowest BCUT2D eigenvalue weighted by Gasteiger charge is -2.27. The Morgan fingerprint density at radius 3 is 2.82 bits per heavy atom. The first kappa shape index (κ1) is 12.1. The summed E-state index contributed by atoms with van der Waals surface area (Å²) in [5.74, 6) is 0.978. The van der Waals surface area contributed by atoms with Gasteiger partial charge in [-0.1, -0.05) is 30.9 Å². The van der Waals surface area contributed by atoms with Crippen molar-refractivity contribution >= 4 is 0 Å². The van der Waals surface area contributed by atoms with E-state index in [1.165, 1.54) is 5.56 Å².